The van der Waals surface area contributed by atoms with Crippen LogP contribution in [0.4, 0.5) is 10.5 Å². The Morgan fingerprint density at radius 3 is 2.25 bits per heavy atom. The third-order valence-corrected chi connectivity index (χ3v) is 4.66. The van der Waals surface area contributed by atoms with Crippen molar-refractivity contribution in [2.24, 2.45) is 5.92 Å². The number of nitrogens with zero attached hydrogens (tertiary/aromatic N) is 1. The van der Waals surface area contributed by atoms with E-state index in [0.29, 0.717) is 0 Å². The standard InChI is InChI=1S/C22H25N3O7/c1-14(2)19(24-22(29)32-13-15-8-4-3-5-9-15)20(26)23-17(21(27)28)12-16-10-6-7-11-18(16)25(30)31/h3-11,14,17,19H,12-13H2,1-2H3,(H,23,26)(H,24,29)(H,27,28)/t17-,19-/m1/s1. The van der Waals surface area contributed by atoms with Crippen LogP contribution in [-0.2, 0) is 27.4 Å². The predicted molar refractivity (Wildman–Crippen MR) is 115 cm³/mol. The number of benzene rings is 2. The zero-order chi connectivity index (χ0) is 23.7. The Hall–Kier alpha value is -3.95. The van der Waals surface area contributed by atoms with Crippen molar-refractivity contribution in [3.63, 3.8) is 0 Å². The highest BCUT2D eigenvalue weighted by Crippen LogP contribution is 2.19. The molecule has 3 N–H and O–H groups in total. The first-order valence-electron chi connectivity index (χ1n) is 9.91. The molecule has 0 unspecified atom stereocenters. The lowest BCUT2D eigenvalue weighted by Gasteiger charge is -2.23. The number of carboxylic acid groups (broad SMARTS) is 1. The van der Waals surface area contributed by atoms with Crippen LogP contribution < -0.4 is 10.6 Å². The topological polar surface area (TPSA) is 148 Å². The van der Waals surface area contributed by atoms with Gasteiger partial charge in [0.25, 0.3) is 5.69 Å². The highest BCUT2D eigenvalue weighted by atomic mass is 16.6. The van der Waals surface area contributed by atoms with Crippen LogP contribution >= 0.6 is 0 Å². The molecule has 10 heteroatoms. The Bertz CT molecular complexity index is 963. The number of nitrogens with one attached hydrogen (secondary N) is 2. The molecule has 0 spiro atoms. The third kappa shape index (κ3) is 7.08. The first kappa shape index (κ1) is 24.3. The molecule has 10 nitrogen and oxygen atoms in total. The van der Waals surface area contributed by atoms with Gasteiger partial charge < -0.3 is 20.5 Å². The van der Waals surface area contributed by atoms with Crippen molar-refractivity contribution in [3.05, 3.63) is 75.8 Å². The maximum Gasteiger partial charge on any atom is 0.408 e. The normalized spacial score (nSPS) is 12.5. The Morgan fingerprint density at radius 1 is 1.03 bits per heavy atom. The molecule has 0 heterocycles. The zero-order valence-corrected chi connectivity index (χ0v) is 17.7. The summed E-state index contributed by atoms with van der Waals surface area (Å²) in [6.07, 6.45) is -1.12. The molecular weight excluding hydrogens is 418 g/mol. The average Bonchev–Trinajstić information content (AvgIpc) is 2.76. The zero-order valence-electron chi connectivity index (χ0n) is 17.7. The van der Waals surface area contributed by atoms with E-state index in [1.54, 1.807) is 44.2 Å². The van der Waals surface area contributed by atoms with Crippen LogP contribution in [0.2, 0.25) is 0 Å². The van der Waals surface area contributed by atoms with Gasteiger partial charge in [-0.05, 0) is 11.5 Å². The third-order valence-electron chi connectivity index (χ3n) is 4.66. The van der Waals surface area contributed by atoms with Gasteiger partial charge in [0.2, 0.25) is 5.91 Å². The number of amides is 2. The van der Waals surface area contributed by atoms with Crippen molar-refractivity contribution in [2.75, 3.05) is 0 Å². The number of alkyl carbamates (subject to hydrolysis) is 1. The quantitative estimate of drug-likeness (QED) is 0.378. The lowest BCUT2D eigenvalue weighted by Crippen LogP contribution is -2.54. The smallest absolute Gasteiger partial charge is 0.408 e. The van der Waals surface area contributed by atoms with Gasteiger partial charge in [-0.15, -0.1) is 0 Å². The van der Waals surface area contributed by atoms with E-state index in [4.69, 9.17) is 4.74 Å². The first-order chi connectivity index (χ1) is 15.2. The van der Waals surface area contributed by atoms with Gasteiger partial charge >= 0.3 is 12.1 Å². The van der Waals surface area contributed by atoms with E-state index in [0.717, 1.165) is 5.56 Å². The number of para-hydroxylation sites is 1. The molecule has 0 aliphatic rings. The van der Waals surface area contributed by atoms with Gasteiger partial charge in [0.15, 0.2) is 0 Å². The Morgan fingerprint density at radius 2 is 1.66 bits per heavy atom. The van der Waals surface area contributed by atoms with E-state index >= 15 is 0 Å². The van der Waals surface area contributed by atoms with E-state index in [1.165, 1.54) is 18.2 Å². The minimum Gasteiger partial charge on any atom is -0.480 e. The molecule has 32 heavy (non-hydrogen) atoms. The molecule has 0 aliphatic heterocycles. The maximum atomic E-state index is 12.7. The van der Waals surface area contributed by atoms with Crippen molar-refractivity contribution in [2.45, 2.75) is 39.0 Å². The van der Waals surface area contributed by atoms with Crippen LogP contribution in [0.15, 0.2) is 54.6 Å². The number of carbonyl (C=O) groups excluding carboxylic acids is 2. The number of rotatable bonds is 10. The summed E-state index contributed by atoms with van der Waals surface area (Å²) in [5.74, 6) is -2.46. The van der Waals surface area contributed by atoms with Gasteiger partial charge in [-0.3, -0.25) is 14.9 Å². The summed E-state index contributed by atoms with van der Waals surface area (Å²) in [6, 6.07) is 12.2. The summed E-state index contributed by atoms with van der Waals surface area (Å²) < 4.78 is 5.13. The van der Waals surface area contributed by atoms with Crippen LogP contribution in [0.5, 0.6) is 0 Å². The largest absolute Gasteiger partial charge is 0.480 e. The number of ether oxygens (including phenoxy) is 1. The molecule has 0 fully saturated rings. The van der Waals surface area contributed by atoms with Crippen LogP contribution in [-0.4, -0.2) is 40.1 Å². The molecule has 0 aliphatic carbocycles. The summed E-state index contributed by atoms with van der Waals surface area (Å²) in [4.78, 5) is 47.2. The summed E-state index contributed by atoms with van der Waals surface area (Å²) in [7, 11) is 0. The van der Waals surface area contributed by atoms with Crippen LogP contribution in [0.3, 0.4) is 0 Å². The second-order valence-electron chi connectivity index (χ2n) is 7.42. The number of hydrogen-bond donors (Lipinski definition) is 3. The molecule has 2 amide bonds. The van der Waals surface area contributed by atoms with E-state index in [2.05, 4.69) is 10.6 Å². The van der Waals surface area contributed by atoms with E-state index in [9.17, 15) is 29.6 Å². The molecule has 2 atom stereocenters. The SMILES string of the molecule is CC(C)[C@@H](NC(=O)OCc1ccccc1)C(=O)N[C@H](Cc1ccccc1[N+](=O)[O-])C(=O)O. The highest BCUT2D eigenvalue weighted by Gasteiger charge is 2.30. The number of aliphatic carboxylic acids is 1. The number of carboxylic acids is 1. The molecular formula is C22H25N3O7. The number of nitro groups is 1. The lowest BCUT2D eigenvalue weighted by atomic mass is 10.0. The fourth-order valence-corrected chi connectivity index (χ4v) is 2.97. The van der Waals surface area contributed by atoms with Gasteiger partial charge in [0, 0.05) is 18.1 Å². The van der Waals surface area contributed by atoms with E-state index in [1.807, 2.05) is 6.07 Å². The van der Waals surface area contributed by atoms with Gasteiger partial charge in [0.05, 0.1) is 4.92 Å². The Labute approximate surface area is 184 Å². The van der Waals surface area contributed by atoms with Gasteiger partial charge in [-0.25, -0.2) is 9.59 Å². The fraction of sp³-hybridized carbons (Fsp3) is 0.318. The minimum atomic E-state index is -1.42. The molecule has 2 aromatic rings. The number of hydrogen-bond acceptors (Lipinski definition) is 6. The fourth-order valence-electron chi connectivity index (χ4n) is 2.97. The summed E-state index contributed by atoms with van der Waals surface area (Å²) in [5.41, 5.74) is 0.696. The lowest BCUT2D eigenvalue weighted by molar-refractivity contribution is -0.385. The Kier molecular flexibility index (Phi) is 8.70. The summed E-state index contributed by atoms with van der Waals surface area (Å²) >= 11 is 0. The molecule has 170 valence electrons. The molecule has 2 aromatic carbocycles. The van der Waals surface area contributed by atoms with Crippen molar-refractivity contribution in [1.29, 1.82) is 0 Å². The number of carbonyl (C=O) groups is 3. The van der Waals surface area contributed by atoms with Gasteiger partial charge in [0.1, 0.15) is 18.7 Å². The van der Waals surface area contributed by atoms with Crippen molar-refractivity contribution < 1.29 is 29.2 Å². The molecule has 0 bridgehead atoms. The first-order valence-corrected chi connectivity index (χ1v) is 9.91. The van der Waals surface area contributed by atoms with Crippen molar-refractivity contribution in [1.82, 2.24) is 10.6 Å². The Balaban J connectivity index is 2.05. The monoisotopic (exact) mass is 443 g/mol. The maximum absolute atomic E-state index is 12.7. The van der Waals surface area contributed by atoms with Gasteiger partial charge in [-0.1, -0.05) is 62.4 Å². The van der Waals surface area contributed by atoms with Crippen LogP contribution in [0, 0.1) is 16.0 Å². The summed E-state index contributed by atoms with van der Waals surface area (Å²) in [5, 5.41) is 25.5. The molecule has 0 saturated heterocycles. The van der Waals surface area contributed by atoms with Crippen molar-refractivity contribution >= 4 is 23.7 Å². The van der Waals surface area contributed by atoms with Crippen molar-refractivity contribution in [3.8, 4) is 0 Å². The average molecular weight is 443 g/mol. The molecule has 0 radical (unpaired) electrons. The van der Waals surface area contributed by atoms with E-state index < -0.39 is 35.0 Å². The van der Waals surface area contributed by atoms with Gasteiger partial charge in [-0.2, -0.15) is 0 Å². The van der Waals surface area contributed by atoms with Crippen LogP contribution in [0.1, 0.15) is 25.0 Å². The predicted octanol–water partition coefficient (Wildman–Crippen LogP) is 2.66. The minimum absolute atomic E-state index is 0.00847. The molecule has 0 aromatic heterocycles. The van der Waals surface area contributed by atoms with Crippen LogP contribution in [0.25, 0.3) is 0 Å². The van der Waals surface area contributed by atoms with E-state index in [-0.39, 0.29) is 30.2 Å². The molecule has 0 saturated carbocycles. The highest BCUT2D eigenvalue weighted by molar-refractivity contribution is 5.89. The second kappa shape index (κ2) is 11.4. The number of nitro benzene ring substituents is 1. The second-order valence-corrected chi connectivity index (χ2v) is 7.42. The summed E-state index contributed by atoms with van der Waals surface area (Å²) in [6.45, 7) is 3.37. The molecule has 2 rings (SSSR count).